The van der Waals surface area contributed by atoms with Crippen molar-refractivity contribution in [3.8, 4) is 0 Å². The Hall–Kier alpha value is -3.68. The van der Waals surface area contributed by atoms with Gasteiger partial charge in [-0.2, -0.15) is 0 Å². The molecule has 3 aromatic rings. The molecule has 1 saturated heterocycles. The van der Waals surface area contributed by atoms with Crippen molar-refractivity contribution >= 4 is 11.9 Å². The Labute approximate surface area is 186 Å². The van der Waals surface area contributed by atoms with Gasteiger partial charge in [0.1, 0.15) is 23.9 Å². The SMILES string of the molecule is Cc1c(C)[n+]([O-])c([C@@H](c2ccncc2)C2C(=O)OC(C)(C)OC2=O)n1Cc1ccccc1. The Morgan fingerprint density at radius 3 is 2.25 bits per heavy atom. The molecule has 4 rings (SSSR count). The van der Waals surface area contributed by atoms with Crippen LogP contribution >= 0.6 is 0 Å². The fourth-order valence-corrected chi connectivity index (χ4v) is 4.12. The minimum absolute atomic E-state index is 0.272. The summed E-state index contributed by atoms with van der Waals surface area (Å²) in [6.45, 7) is 6.97. The van der Waals surface area contributed by atoms with E-state index in [4.69, 9.17) is 9.47 Å². The predicted molar refractivity (Wildman–Crippen MR) is 114 cm³/mol. The Bertz CT molecular complexity index is 1140. The third kappa shape index (κ3) is 3.84. The van der Waals surface area contributed by atoms with E-state index < -0.39 is 29.6 Å². The lowest BCUT2D eigenvalue weighted by Crippen LogP contribution is -2.50. The lowest BCUT2D eigenvalue weighted by atomic mass is 9.84. The molecule has 32 heavy (non-hydrogen) atoms. The molecule has 1 atom stereocenters. The summed E-state index contributed by atoms with van der Waals surface area (Å²) >= 11 is 0. The van der Waals surface area contributed by atoms with E-state index in [2.05, 4.69) is 4.98 Å². The molecule has 1 aliphatic rings. The summed E-state index contributed by atoms with van der Waals surface area (Å²) < 4.78 is 13.4. The van der Waals surface area contributed by atoms with Gasteiger partial charge in [-0.05, 0) is 23.3 Å². The van der Waals surface area contributed by atoms with Gasteiger partial charge >= 0.3 is 11.9 Å². The predicted octanol–water partition coefficient (Wildman–Crippen LogP) is 2.77. The van der Waals surface area contributed by atoms with Crippen LogP contribution in [0.5, 0.6) is 0 Å². The summed E-state index contributed by atoms with van der Waals surface area (Å²) in [5, 5.41) is 13.4. The number of ether oxygens (including phenoxy) is 2. The van der Waals surface area contributed by atoms with Gasteiger partial charge in [0.2, 0.25) is 0 Å². The highest BCUT2D eigenvalue weighted by Crippen LogP contribution is 2.37. The van der Waals surface area contributed by atoms with E-state index in [1.165, 1.54) is 13.8 Å². The molecule has 0 saturated carbocycles. The first-order chi connectivity index (χ1) is 15.2. The highest BCUT2D eigenvalue weighted by atomic mass is 16.7. The van der Waals surface area contributed by atoms with Crippen LogP contribution in [0.15, 0.2) is 54.9 Å². The third-order valence-corrected chi connectivity index (χ3v) is 5.78. The van der Waals surface area contributed by atoms with Crippen molar-refractivity contribution in [3.05, 3.63) is 88.4 Å². The van der Waals surface area contributed by atoms with Crippen molar-refractivity contribution in [3.63, 3.8) is 0 Å². The molecule has 0 bridgehead atoms. The third-order valence-electron chi connectivity index (χ3n) is 5.78. The van der Waals surface area contributed by atoms with E-state index in [1.54, 1.807) is 31.5 Å². The van der Waals surface area contributed by atoms with Crippen LogP contribution in [0.25, 0.3) is 0 Å². The van der Waals surface area contributed by atoms with E-state index in [-0.39, 0.29) is 5.82 Å². The van der Waals surface area contributed by atoms with Crippen LogP contribution < -0.4 is 4.73 Å². The number of hydrogen-bond donors (Lipinski definition) is 0. The van der Waals surface area contributed by atoms with Gasteiger partial charge < -0.3 is 14.7 Å². The molecule has 1 aromatic carbocycles. The fraction of sp³-hybridized carbons (Fsp3) is 0.333. The molecule has 0 amide bonds. The summed E-state index contributed by atoms with van der Waals surface area (Å²) in [5.41, 5.74) is 2.81. The van der Waals surface area contributed by atoms with E-state index in [1.807, 2.05) is 41.8 Å². The maximum Gasteiger partial charge on any atom is 0.324 e. The van der Waals surface area contributed by atoms with Gasteiger partial charge in [0, 0.05) is 40.1 Å². The minimum atomic E-state index is -1.36. The summed E-state index contributed by atoms with van der Waals surface area (Å²) in [7, 11) is 0. The summed E-state index contributed by atoms with van der Waals surface area (Å²) in [6, 6.07) is 13.1. The van der Waals surface area contributed by atoms with E-state index in [0.29, 0.717) is 17.8 Å². The van der Waals surface area contributed by atoms with Gasteiger partial charge in [0.25, 0.3) is 11.6 Å². The molecule has 0 N–H and O–H groups in total. The molecular formula is C24H25N3O5. The molecule has 166 valence electrons. The molecule has 8 heteroatoms. The van der Waals surface area contributed by atoms with E-state index in [0.717, 1.165) is 16.0 Å². The molecule has 0 radical (unpaired) electrons. The van der Waals surface area contributed by atoms with Crippen LogP contribution in [0.1, 0.15) is 48.1 Å². The topological polar surface area (TPSA) is 97.4 Å². The minimum Gasteiger partial charge on any atom is -0.711 e. The number of carbonyl (C=O) groups excluding carboxylic acids is 2. The fourth-order valence-electron chi connectivity index (χ4n) is 4.12. The second-order valence-electron chi connectivity index (χ2n) is 8.37. The van der Waals surface area contributed by atoms with Crippen molar-refractivity contribution in [2.24, 2.45) is 5.92 Å². The normalized spacial score (nSPS) is 17.0. The lowest BCUT2D eigenvalue weighted by molar-refractivity contribution is -0.621. The molecule has 0 spiro atoms. The number of cyclic esters (lactones) is 2. The quantitative estimate of drug-likeness (QED) is 0.265. The Kier molecular flexibility index (Phi) is 5.46. The van der Waals surface area contributed by atoms with Crippen molar-refractivity contribution in [1.29, 1.82) is 0 Å². The second kappa shape index (κ2) is 8.11. The molecular weight excluding hydrogens is 410 g/mol. The summed E-state index contributed by atoms with van der Waals surface area (Å²) in [5.74, 6) is -4.78. The number of nitrogens with zero attached hydrogens (tertiary/aromatic N) is 3. The van der Waals surface area contributed by atoms with Gasteiger partial charge in [-0.15, -0.1) is 0 Å². The average molecular weight is 435 g/mol. The van der Waals surface area contributed by atoms with E-state index >= 15 is 0 Å². The lowest BCUT2D eigenvalue weighted by Gasteiger charge is -2.35. The molecule has 0 unspecified atom stereocenters. The molecule has 8 nitrogen and oxygen atoms in total. The zero-order valence-electron chi connectivity index (χ0n) is 18.4. The molecule has 0 aliphatic carbocycles. The zero-order valence-corrected chi connectivity index (χ0v) is 18.4. The highest BCUT2D eigenvalue weighted by molar-refractivity contribution is 5.98. The summed E-state index contributed by atoms with van der Waals surface area (Å²) in [6.07, 6.45) is 3.12. The Morgan fingerprint density at radius 2 is 1.66 bits per heavy atom. The first-order valence-corrected chi connectivity index (χ1v) is 10.4. The maximum absolute atomic E-state index is 13.4. The number of rotatable bonds is 5. The molecule has 1 aliphatic heterocycles. The van der Waals surface area contributed by atoms with E-state index in [9.17, 15) is 14.8 Å². The molecule has 2 aromatic heterocycles. The Morgan fingerprint density at radius 1 is 1.06 bits per heavy atom. The standard InChI is InChI=1S/C24H25N3O5/c1-15-16(2)27(30)21(26(15)14-17-8-6-5-7-9-17)19(18-10-12-25-13-11-18)20-22(28)31-24(3,4)32-23(20)29/h5-13,19-20H,14H2,1-4H3/t19-/m0/s1. The van der Waals surface area contributed by atoms with Crippen molar-refractivity contribution in [2.75, 3.05) is 0 Å². The van der Waals surface area contributed by atoms with Crippen molar-refractivity contribution in [2.45, 2.75) is 45.9 Å². The molecule has 1 fully saturated rings. The number of hydrogen-bond acceptors (Lipinski definition) is 6. The smallest absolute Gasteiger partial charge is 0.324 e. The van der Waals surface area contributed by atoms with Gasteiger partial charge in [-0.3, -0.25) is 14.6 Å². The average Bonchev–Trinajstić information content (AvgIpc) is 2.95. The van der Waals surface area contributed by atoms with Crippen LogP contribution in [-0.4, -0.2) is 27.3 Å². The van der Waals surface area contributed by atoms with Gasteiger partial charge in [-0.1, -0.05) is 30.3 Å². The highest BCUT2D eigenvalue weighted by Gasteiger charge is 2.51. The van der Waals surface area contributed by atoms with Gasteiger partial charge in [-0.25, -0.2) is 9.30 Å². The number of aromatic nitrogens is 3. The van der Waals surface area contributed by atoms with Crippen molar-refractivity contribution < 1.29 is 23.8 Å². The van der Waals surface area contributed by atoms with Crippen LogP contribution in [0.2, 0.25) is 0 Å². The number of pyridine rings is 1. The Balaban J connectivity index is 1.91. The van der Waals surface area contributed by atoms with Gasteiger partial charge in [0.15, 0.2) is 5.92 Å². The first-order valence-electron chi connectivity index (χ1n) is 10.4. The number of imidazole rings is 1. The maximum atomic E-state index is 13.4. The van der Waals surface area contributed by atoms with Crippen LogP contribution in [0.4, 0.5) is 0 Å². The first kappa shape index (κ1) is 21.5. The number of benzene rings is 1. The zero-order chi connectivity index (χ0) is 23.0. The largest absolute Gasteiger partial charge is 0.711 e. The van der Waals surface area contributed by atoms with Crippen molar-refractivity contribution in [1.82, 2.24) is 9.55 Å². The second-order valence-corrected chi connectivity index (χ2v) is 8.37. The van der Waals surface area contributed by atoms with Gasteiger partial charge in [0.05, 0.1) is 0 Å². The molecule has 3 heterocycles. The number of esters is 2. The number of carbonyl (C=O) groups is 2. The monoisotopic (exact) mass is 435 g/mol. The van der Waals surface area contributed by atoms with Crippen LogP contribution in [0.3, 0.4) is 0 Å². The van der Waals surface area contributed by atoms with Crippen LogP contribution in [0, 0.1) is 25.0 Å². The summed E-state index contributed by atoms with van der Waals surface area (Å²) in [4.78, 5) is 30.1. The van der Waals surface area contributed by atoms with Crippen LogP contribution in [-0.2, 0) is 25.6 Å².